The third-order valence-electron chi connectivity index (χ3n) is 10.8. The van der Waals surface area contributed by atoms with E-state index in [0.29, 0.717) is 11.5 Å². The van der Waals surface area contributed by atoms with Gasteiger partial charge in [-0.1, -0.05) is 89.2 Å². The number of ether oxygens (including phenoxy) is 3. The van der Waals surface area contributed by atoms with E-state index in [0.717, 1.165) is 16.7 Å². The summed E-state index contributed by atoms with van der Waals surface area (Å²) >= 11 is 1.38. The van der Waals surface area contributed by atoms with Gasteiger partial charge in [0.15, 0.2) is 25.6 Å². The van der Waals surface area contributed by atoms with Crippen molar-refractivity contribution < 1.29 is 37.4 Å². The highest BCUT2D eigenvalue weighted by molar-refractivity contribution is 8.00. The van der Waals surface area contributed by atoms with Gasteiger partial charge in [0.25, 0.3) is 5.56 Å². The van der Waals surface area contributed by atoms with E-state index in [4.69, 9.17) is 23.2 Å². The lowest BCUT2D eigenvalue weighted by Crippen LogP contribution is -2.50. The number of amides is 1. The topological polar surface area (TPSA) is 215 Å². The summed E-state index contributed by atoms with van der Waals surface area (Å²) < 4.78 is 45.5. The molecule has 15 nitrogen and oxygen atoms in total. The third-order valence-corrected chi connectivity index (χ3v) is 17.3. The Morgan fingerprint density at radius 3 is 2.02 bits per heavy atom. The quantitative estimate of drug-likeness (QED) is 0.0529. The van der Waals surface area contributed by atoms with E-state index in [1.165, 1.54) is 18.1 Å². The molecule has 0 aliphatic carbocycles. The standard InChI is InChI=1S/C41H50N5O9PSSi.H3N/c1-25(2)36(47)44-39-43-35-32(37(48)45-39)42-24-46(35)38-34(54-56(49)50)33(55-58(8,9)40(3,4)5)31(57-38)23-53-41(26-13-11-10-12-14-26,27-15-19-29(51-6)20-16-27)28-17-21-30(52-7)22-18-28;/h10-22,24-25,31,33-34,38H,23H2,1-9H3,(H2,43,44,45,47,48);1H3/p+1/t31?,33-,34-,38-;/m1./s1. The van der Waals surface area contributed by atoms with Crippen molar-refractivity contribution in [2.45, 2.75) is 81.2 Å². The molecule has 18 heteroatoms. The van der Waals surface area contributed by atoms with Gasteiger partial charge in [-0.2, -0.15) is 4.98 Å². The Hall–Kier alpha value is -4.45. The molecule has 316 valence electrons. The molecule has 6 N–H and O–H groups in total. The summed E-state index contributed by atoms with van der Waals surface area (Å²) in [6, 6.07) is 25.3. The molecule has 0 bridgehead atoms. The second-order valence-corrected chi connectivity index (χ2v) is 22.7. The van der Waals surface area contributed by atoms with Crippen molar-refractivity contribution in [1.82, 2.24) is 25.7 Å². The number of carbonyl (C=O) groups excluding carboxylic acids is 1. The summed E-state index contributed by atoms with van der Waals surface area (Å²) in [6.07, 6.45) is -0.472. The van der Waals surface area contributed by atoms with Crippen molar-refractivity contribution in [2.24, 2.45) is 5.92 Å². The highest BCUT2D eigenvalue weighted by Crippen LogP contribution is 2.52. The lowest BCUT2D eigenvalue weighted by molar-refractivity contribution is -0.192. The fourth-order valence-electron chi connectivity index (χ4n) is 6.65. The molecule has 5 aromatic rings. The number of anilines is 1. The van der Waals surface area contributed by atoms with Gasteiger partial charge in [-0.3, -0.25) is 24.5 Å². The van der Waals surface area contributed by atoms with Gasteiger partial charge in [0.05, 0.1) is 38.5 Å². The molecule has 1 aliphatic heterocycles. The summed E-state index contributed by atoms with van der Waals surface area (Å²) in [5.74, 6) is 0.570. The summed E-state index contributed by atoms with van der Waals surface area (Å²) in [5.41, 5.74) is 0.888. The van der Waals surface area contributed by atoms with Crippen LogP contribution in [-0.2, 0) is 28.6 Å². The van der Waals surface area contributed by atoms with Crippen molar-refractivity contribution in [3.63, 3.8) is 0 Å². The molecule has 1 aliphatic rings. The second kappa shape index (κ2) is 18.4. The molecule has 3 heterocycles. The van der Waals surface area contributed by atoms with Gasteiger partial charge in [-0.05, 0) is 63.7 Å². The number of carbonyl (C=O) groups is 1. The maximum absolute atomic E-state index is 13.3. The predicted octanol–water partition coefficient (Wildman–Crippen LogP) is 7.52. The van der Waals surface area contributed by atoms with Crippen LogP contribution in [0.2, 0.25) is 18.1 Å². The van der Waals surface area contributed by atoms with Gasteiger partial charge >= 0.3 is 8.25 Å². The Kier molecular flexibility index (Phi) is 14.3. The Morgan fingerprint density at radius 2 is 1.51 bits per heavy atom. The van der Waals surface area contributed by atoms with E-state index in [-0.39, 0.29) is 46.7 Å². The number of imidazole rings is 1. The minimum atomic E-state index is -3.38. The molecule has 6 rings (SSSR count). The fourth-order valence-corrected chi connectivity index (χ4v) is 10.1. The van der Waals surface area contributed by atoms with Crippen LogP contribution in [-0.4, -0.2) is 72.0 Å². The minimum Gasteiger partial charge on any atom is -0.566 e. The van der Waals surface area contributed by atoms with Crippen LogP contribution in [0.15, 0.2) is 90.0 Å². The number of hydrogen-bond donors (Lipinski definition) is 3. The van der Waals surface area contributed by atoms with Crippen LogP contribution in [0.1, 0.15) is 56.7 Å². The van der Waals surface area contributed by atoms with Crippen molar-refractivity contribution in [1.29, 1.82) is 0 Å². The number of aromatic nitrogens is 4. The highest BCUT2D eigenvalue weighted by Gasteiger charge is 2.54. The van der Waals surface area contributed by atoms with Crippen LogP contribution in [0, 0.1) is 5.92 Å². The summed E-state index contributed by atoms with van der Waals surface area (Å²) in [7, 11) is -2.77. The lowest BCUT2D eigenvalue weighted by Gasteiger charge is -2.41. The molecule has 2 aromatic heterocycles. The first kappa shape index (κ1) is 45.6. The maximum Gasteiger partial charge on any atom is 0.488 e. The molecule has 2 unspecified atom stereocenters. The molecular weight excluding hydrogens is 812 g/mol. The largest absolute Gasteiger partial charge is 0.566 e. The van der Waals surface area contributed by atoms with Crippen molar-refractivity contribution in [3.8, 4) is 11.5 Å². The van der Waals surface area contributed by atoms with Gasteiger partial charge in [0.2, 0.25) is 11.9 Å². The zero-order valence-corrected chi connectivity index (χ0v) is 37.8. The van der Waals surface area contributed by atoms with Gasteiger partial charge < -0.3 is 29.7 Å². The lowest BCUT2D eigenvalue weighted by atomic mass is 9.80. The van der Waals surface area contributed by atoms with E-state index in [1.807, 2.05) is 78.9 Å². The highest BCUT2D eigenvalue weighted by atomic mass is 32.2. The Bertz CT molecular complexity index is 2240. The predicted molar refractivity (Wildman–Crippen MR) is 231 cm³/mol. The average molecular weight is 866 g/mol. The first-order valence-corrected chi connectivity index (χ1v) is 23.8. The number of fused-ring (bicyclic) bond motifs is 1. The number of nitrogens with zero attached hydrogens (tertiary/aromatic N) is 3. The summed E-state index contributed by atoms with van der Waals surface area (Å²) in [6.45, 7) is 14.0. The number of methoxy groups -OCH3 is 2. The summed E-state index contributed by atoms with van der Waals surface area (Å²) in [4.78, 5) is 50.0. The number of hydrogen-bond acceptors (Lipinski definition) is 12. The first-order chi connectivity index (χ1) is 27.5. The van der Waals surface area contributed by atoms with E-state index in [2.05, 4.69) is 54.1 Å². The number of benzene rings is 3. The zero-order chi connectivity index (χ0) is 42.0. The van der Waals surface area contributed by atoms with Crippen LogP contribution in [0.25, 0.3) is 11.2 Å². The third kappa shape index (κ3) is 9.47. The number of quaternary nitrogens is 1. The summed E-state index contributed by atoms with van der Waals surface area (Å²) in [5, 5.41) is 1.06. The van der Waals surface area contributed by atoms with E-state index < -0.39 is 50.6 Å². The molecule has 5 atom stereocenters. The molecule has 0 saturated carbocycles. The van der Waals surface area contributed by atoms with Gasteiger partial charge in [-0.15, -0.1) is 16.3 Å². The maximum atomic E-state index is 13.3. The molecular formula is C41H54N6O9PSSi+. The minimum absolute atomic E-state index is 0. The van der Waals surface area contributed by atoms with Gasteiger partial charge in [-0.25, -0.2) is 4.98 Å². The van der Waals surface area contributed by atoms with E-state index >= 15 is 0 Å². The van der Waals surface area contributed by atoms with Crippen LogP contribution in [0.3, 0.4) is 0 Å². The van der Waals surface area contributed by atoms with Gasteiger partial charge in [0.1, 0.15) is 22.5 Å². The van der Waals surface area contributed by atoms with Crippen LogP contribution >= 0.6 is 20.0 Å². The van der Waals surface area contributed by atoms with Crippen LogP contribution in [0.4, 0.5) is 5.95 Å². The number of aromatic amines is 1. The first-order valence-electron chi connectivity index (χ1n) is 18.9. The SMILES string of the molecule is COc1ccc(C(OCC2S[C@@H](n3cnc4c(=O)[nH]c(NC(=O)C(C)C)nc43)[C@H](O[P+](=O)[O-])[C@@H]2O[Si](C)(C)C(C)(C)C)(c2ccccc2)c2ccc(OC)cc2)cc1.[NH4+]. The molecule has 3 aromatic carbocycles. The van der Waals surface area contributed by atoms with Crippen LogP contribution < -0.4 is 31.4 Å². The molecule has 1 amide bonds. The molecule has 0 radical (unpaired) electrons. The molecule has 1 saturated heterocycles. The number of nitrogens with one attached hydrogen (secondary N) is 2. The smallest absolute Gasteiger partial charge is 0.488 e. The molecule has 1 fully saturated rings. The zero-order valence-electron chi connectivity index (χ0n) is 35.0. The van der Waals surface area contributed by atoms with Crippen LogP contribution in [0.5, 0.6) is 11.5 Å². The van der Waals surface area contributed by atoms with Crippen molar-refractivity contribution >= 4 is 51.4 Å². The Balaban J connectivity index is 0.00000661. The number of rotatable bonds is 15. The molecule has 59 heavy (non-hydrogen) atoms. The van der Waals surface area contributed by atoms with Gasteiger partial charge in [0, 0.05) is 5.92 Å². The monoisotopic (exact) mass is 865 g/mol. The number of thioether (sulfide) groups is 1. The molecule has 0 spiro atoms. The fraction of sp³-hybridized carbons (Fsp3) is 0.415. The Labute approximate surface area is 350 Å². The average Bonchev–Trinajstić information content (AvgIpc) is 3.76. The normalized spacial score (nSPS) is 18.7. The van der Waals surface area contributed by atoms with E-state index in [9.17, 15) is 19.0 Å². The van der Waals surface area contributed by atoms with E-state index in [1.54, 1.807) is 32.6 Å². The Morgan fingerprint density at radius 1 is 0.949 bits per heavy atom. The van der Waals surface area contributed by atoms with Crippen molar-refractivity contribution in [3.05, 3.63) is 112 Å². The number of H-pyrrole nitrogens is 1. The second-order valence-electron chi connectivity index (χ2n) is 15.9. The van der Waals surface area contributed by atoms with Crippen molar-refractivity contribution in [2.75, 3.05) is 26.1 Å².